The first-order valence-electron chi connectivity index (χ1n) is 10.2. The Labute approximate surface area is 171 Å². The Hall–Kier alpha value is -1.86. The Morgan fingerprint density at radius 3 is 2.86 bits per heavy atom. The smallest absolute Gasteiger partial charge is 0.224 e. The zero-order valence-corrected chi connectivity index (χ0v) is 17.4. The molecule has 4 atom stereocenters. The van der Waals surface area contributed by atoms with Gasteiger partial charge < -0.3 is 5.32 Å². The Bertz CT molecular complexity index is 793. The molecule has 1 N–H and O–H groups in total. The van der Waals surface area contributed by atoms with E-state index in [2.05, 4.69) is 51.0 Å². The van der Waals surface area contributed by atoms with Gasteiger partial charge in [-0.15, -0.1) is 16.9 Å². The van der Waals surface area contributed by atoms with E-state index in [-0.39, 0.29) is 17.9 Å². The summed E-state index contributed by atoms with van der Waals surface area (Å²) in [4.78, 5) is 16.2. The van der Waals surface area contributed by atoms with E-state index in [1.165, 1.54) is 4.90 Å². The molecule has 0 saturated carbocycles. The summed E-state index contributed by atoms with van der Waals surface area (Å²) in [7, 11) is 0. The highest BCUT2D eigenvalue weighted by Crippen LogP contribution is 2.37. The Balaban J connectivity index is 1.31. The summed E-state index contributed by atoms with van der Waals surface area (Å²) in [6, 6.07) is 11.0. The molecule has 7 heteroatoms. The molecule has 3 aliphatic heterocycles. The van der Waals surface area contributed by atoms with Crippen LogP contribution in [0.25, 0.3) is 0 Å². The van der Waals surface area contributed by atoms with Crippen LogP contribution in [-0.4, -0.2) is 51.0 Å². The van der Waals surface area contributed by atoms with Crippen molar-refractivity contribution in [3.63, 3.8) is 0 Å². The van der Waals surface area contributed by atoms with Gasteiger partial charge in [-0.2, -0.15) is 0 Å². The number of hydrogen-bond acceptors (Lipinski definition) is 5. The number of nitrogens with one attached hydrogen (secondary N) is 1. The summed E-state index contributed by atoms with van der Waals surface area (Å²) in [6.45, 7) is 6.88. The van der Waals surface area contributed by atoms with Gasteiger partial charge in [0.1, 0.15) is 0 Å². The predicted molar refractivity (Wildman–Crippen MR) is 111 cm³/mol. The second-order valence-corrected chi connectivity index (χ2v) is 9.29. The Morgan fingerprint density at radius 1 is 1.32 bits per heavy atom. The number of piperidine rings is 3. The molecule has 3 fully saturated rings. The van der Waals surface area contributed by atoms with E-state index >= 15 is 0 Å². The predicted octanol–water partition coefficient (Wildman–Crippen LogP) is 2.81. The van der Waals surface area contributed by atoms with E-state index in [0.717, 1.165) is 43.9 Å². The third-order valence-electron chi connectivity index (χ3n) is 5.76. The zero-order valence-electron chi connectivity index (χ0n) is 16.6. The molecular formula is C21H29N5OS. The van der Waals surface area contributed by atoms with Gasteiger partial charge in [-0.25, -0.2) is 0 Å². The summed E-state index contributed by atoms with van der Waals surface area (Å²) >= 11 is 1.78. The van der Waals surface area contributed by atoms with E-state index < -0.39 is 0 Å². The molecule has 6 nitrogen and oxygen atoms in total. The van der Waals surface area contributed by atoms with Gasteiger partial charge in [-0.05, 0) is 51.3 Å². The Morgan fingerprint density at radius 2 is 2.14 bits per heavy atom. The summed E-state index contributed by atoms with van der Waals surface area (Å²) in [6.07, 6.45) is 4.27. The molecule has 1 aromatic heterocycles. The normalized spacial score (nSPS) is 26.5. The summed E-state index contributed by atoms with van der Waals surface area (Å²) in [5.74, 6) is 1.69. The second kappa shape index (κ2) is 8.66. The monoisotopic (exact) mass is 399 g/mol. The van der Waals surface area contributed by atoms with E-state index in [9.17, 15) is 4.79 Å². The first-order chi connectivity index (χ1) is 13.6. The highest BCUT2D eigenvalue weighted by molar-refractivity contribution is 7.98. The van der Waals surface area contributed by atoms with Crippen LogP contribution in [-0.2, 0) is 17.1 Å². The standard InChI is InChI=1S/C21H29N5OS/c1-15(2)22-21(27)20-13-25-9-8-16(20)10-18(25)12-26-11-17(23-24-26)14-28-19-6-4-3-5-7-19/h3-7,11,15-16,18,20H,8-10,12-14H2,1-2H3,(H,22,27). The van der Waals surface area contributed by atoms with Crippen molar-refractivity contribution in [1.82, 2.24) is 25.2 Å². The molecule has 0 aliphatic carbocycles. The zero-order chi connectivity index (χ0) is 19.5. The van der Waals surface area contributed by atoms with E-state index in [1.807, 2.05) is 24.6 Å². The lowest BCUT2D eigenvalue weighted by Crippen LogP contribution is -2.58. The van der Waals surface area contributed by atoms with Crippen LogP contribution in [0.15, 0.2) is 41.4 Å². The number of hydrogen-bond donors (Lipinski definition) is 1. The average molecular weight is 400 g/mol. The molecule has 4 unspecified atom stereocenters. The minimum atomic E-state index is 0.140. The fourth-order valence-corrected chi connectivity index (χ4v) is 5.20. The maximum Gasteiger partial charge on any atom is 0.224 e. The Kier molecular flexibility index (Phi) is 6.01. The molecule has 4 heterocycles. The molecule has 3 saturated heterocycles. The van der Waals surface area contributed by atoms with Crippen LogP contribution in [0.2, 0.25) is 0 Å². The van der Waals surface area contributed by atoms with Gasteiger partial charge in [0.05, 0.1) is 18.2 Å². The topological polar surface area (TPSA) is 63.1 Å². The van der Waals surface area contributed by atoms with Crippen molar-refractivity contribution >= 4 is 17.7 Å². The molecule has 1 aromatic carbocycles. The highest BCUT2D eigenvalue weighted by Gasteiger charge is 2.43. The third kappa shape index (κ3) is 4.58. The largest absolute Gasteiger partial charge is 0.354 e. The number of carbonyl (C=O) groups is 1. The van der Waals surface area contributed by atoms with Gasteiger partial charge in [0, 0.05) is 35.5 Å². The minimum Gasteiger partial charge on any atom is -0.354 e. The first kappa shape index (κ1) is 19.5. The van der Waals surface area contributed by atoms with Crippen LogP contribution < -0.4 is 5.32 Å². The minimum absolute atomic E-state index is 0.140. The SMILES string of the molecule is CC(C)NC(=O)C1CN2CCC1CC2Cn1cc(CSc2ccccc2)nn1. The molecule has 2 aromatic rings. The number of fused-ring (bicyclic) bond motifs is 3. The fraction of sp³-hybridized carbons (Fsp3) is 0.571. The van der Waals surface area contributed by atoms with E-state index in [4.69, 9.17) is 0 Å². The van der Waals surface area contributed by atoms with Crippen molar-refractivity contribution in [2.45, 2.75) is 56.0 Å². The molecule has 3 aliphatic rings. The van der Waals surface area contributed by atoms with Crippen LogP contribution in [0.1, 0.15) is 32.4 Å². The quantitative estimate of drug-likeness (QED) is 0.726. The maximum atomic E-state index is 12.5. The van der Waals surface area contributed by atoms with Crippen molar-refractivity contribution in [2.75, 3.05) is 13.1 Å². The molecular weight excluding hydrogens is 370 g/mol. The highest BCUT2D eigenvalue weighted by atomic mass is 32.2. The van der Waals surface area contributed by atoms with Gasteiger partial charge >= 0.3 is 0 Å². The maximum absolute atomic E-state index is 12.5. The van der Waals surface area contributed by atoms with Crippen LogP contribution in [0.4, 0.5) is 0 Å². The van der Waals surface area contributed by atoms with Crippen molar-refractivity contribution in [3.8, 4) is 0 Å². The van der Waals surface area contributed by atoms with Crippen molar-refractivity contribution < 1.29 is 4.79 Å². The van der Waals surface area contributed by atoms with E-state index in [0.29, 0.717) is 12.0 Å². The average Bonchev–Trinajstić information content (AvgIpc) is 3.14. The van der Waals surface area contributed by atoms with E-state index in [1.54, 1.807) is 11.8 Å². The van der Waals surface area contributed by atoms with Crippen LogP contribution in [0, 0.1) is 11.8 Å². The van der Waals surface area contributed by atoms with Gasteiger partial charge in [0.15, 0.2) is 0 Å². The second-order valence-electron chi connectivity index (χ2n) is 8.24. The van der Waals surface area contributed by atoms with Crippen LogP contribution in [0.3, 0.4) is 0 Å². The number of amides is 1. The number of thioether (sulfide) groups is 1. The summed E-state index contributed by atoms with van der Waals surface area (Å²) < 4.78 is 1.98. The van der Waals surface area contributed by atoms with Crippen molar-refractivity contribution in [3.05, 3.63) is 42.2 Å². The van der Waals surface area contributed by atoms with Crippen molar-refractivity contribution in [2.24, 2.45) is 11.8 Å². The fourth-order valence-electron chi connectivity index (χ4n) is 4.40. The van der Waals surface area contributed by atoms with Crippen LogP contribution in [0.5, 0.6) is 0 Å². The molecule has 1 amide bonds. The van der Waals surface area contributed by atoms with Gasteiger partial charge in [-0.3, -0.25) is 14.4 Å². The molecule has 28 heavy (non-hydrogen) atoms. The number of aromatic nitrogens is 3. The number of carbonyl (C=O) groups excluding carboxylic acids is 1. The molecule has 0 radical (unpaired) electrons. The summed E-state index contributed by atoms with van der Waals surface area (Å²) in [5.41, 5.74) is 1.01. The third-order valence-corrected chi connectivity index (χ3v) is 6.81. The summed E-state index contributed by atoms with van der Waals surface area (Å²) in [5, 5.41) is 11.8. The lowest BCUT2D eigenvalue weighted by Gasteiger charge is -2.49. The van der Waals surface area contributed by atoms with Gasteiger partial charge in [0.25, 0.3) is 0 Å². The lowest BCUT2D eigenvalue weighted by molar-refractivity contribution is -0.133. The van der Waals surface area contributed by atoms with Crippen molar-refractivity contribution in [1.29, 1.82) is 0 Å². The van der Waals surface area contributed by atoms with Gasteiger partial charge in [0.2, 0.25) is 5.91 Å². The molecule has 0 spiro atoms. The first-order valence-corrected chi connectivity index (χ1v) is 11.2. The van der Waals surface area contributed by atoms with Gasteiger partial charge in [-0.1, -0.05) is 23.4 Å². The molecule has 2 bridgehead atoms. The van der Waals surface area contributed by atoms with Crippen LogP contribution >= 0.6 is 11.8 Å². The number of rotatable bonds is 7. The molecule has 5 rings (SSSR count). The number of nitrogens with zero attached hydrogens (tertiary/aromatic N) is 4. The molecule has 150 valence electrons. The lowest BCUT2D eigenvalue weighted by atomic mass is 9.75. The number of benzene rings is 1.